The lowest BCUT2D eigenvalue weighted by Gasteiger charge is -2.11. The number of hydrogen-bond acceptors (Lipinski definition) is 4. The molecule has 1 heterocycles. The standard InChI is InChI=1S/C9H15N3OS/c1-7(13)11-8-4-5-14-9(8)6-10-12(2)3/h4-5,10H,6H2,1-3H3,(H,11,13). The minimum absolute atomic E-state index is 0.0329. The average Bonchev–Trinajstić information content (AvgIpc) is 2.47. The van der Waals surface area contributed by atoms with E-state index in [4.69, 9.17) is 0 Å². The molecule has 0 fully saturated rings. The molecule has 0 saturated carbocycles. The highest BCUT2D eigenvalue weighted by Crippen LogP contribution is 2.21. The Morgan fingerprint density at radius 2 is 2.29 bits per heavy atom. The van der Waals surface area contributed by atoms with E-state index >= 15 is 0 Å². The van der Waals surface area contributed by atoms with Gasteiger partial charge in [0.25, 0.3) is 0 Å². The highest BCUT2D eigenvalue weighted by molar-refractivity contribution is 7.10. The monoisotopic (exact) mass is 213 g/mol. The summed E-state index contributed by atoms with van der Waals surface area (Å²) in [5.41, 5.74) is 4.05. The Morgan fingerprint density at radius 1 is 1.57 bits per heavy atom. The number of hydrazine groups is 1. The van der Waals surface area contributed by atoms with Crippen molar-refractivity contribution >= 4 is 22.9 Å². The summed E-state index contributed by atoms with van der Waals surface area (Å²) < 4.78 is 0. The van der Waals surface area contributed by atoms with Crippen molar-refractivity contribution in [3.05, 3.63) is 16.3 Å². The molecule has 1 rings (SSSR count). The van der Waals surface area contributed by atoms with Crippen LogP contribution in [0.1, 0.15) is 11.8 Å². The molecule has 0 aliphatic rings. The predicted octanol–water partition coefficient (Wildman–Crippen LogP) is 1.27. The zero-order valence-electron chi connectivity index (χ0n) is 8.63. The molecule has 0 atom stereocenters. The fourth-order valence-corrected chi connectivity index (χ4v) is 1.77. The molecule has 0 aromatic carbocycles. The highest BCUT2D eigenvalue weighted by atomic mass is 32.1. The molecule has 14 heavy (non-hydrogen) atoms. The van der Waals surface area contributed by atoms with Gasteiger partial charge in [0.15, 0.2) is 0 Å². The minimum Gasteiger partial charge on any atom is -0.325 e. The maximum absolute atomic E-state index is 10.9. The van der Waals surface area contributed by atoms with Gasteiger partial charge in [0.1, 0.15) is 0 Å². The summed E-state index contributed by atoms with van der Waals surface area (Å²) >= 11 is 1.63. The lowest BCUT2D eigenvalue weighted by molar-refractivity contribution is -0.114. The lowest BCUT2D eigenvalue weighted by atomic mass is 10.4. The molecular formula is C9H15N3OS. The summed E-state index contributed by atoms with van der Waals surface area (Å²) in [6.07, 6.45) is 0. The van der Waals surface area contributed by atoms with Crippen LogP contribution >= 0.6 is 11.3 Å². The van der Waals surface area contributed by atoms with Crippen LogP contribution in [0.25, 0.3) is 0 Å². The normalized spacial score (nSPS) is 10.6. The second-order valence-corrected chi connectivity index (χ2v) is 4.17. The van der Waals surface area contributed by atoms with Gasteiger partial charge in [-0.05, 0) is 11.4 Å². The van der Waals surface area contributed by atoms with Gasteiger partial charge >= 0.3 is 0 Å². The van der Waals surface area contributed by atoms with Gasteiger partial charge in [-0.15, -0.1) is 11.3 Å². The van der Waals surface area contributed by atoms with E-state index in [-0.39, 0.29) is 5.91 Å². The first-order valence-corrected chi connectivity index (χ1v) is 5.22. The van der Waals surface area contributed by atoms with Crippen molar-refractivity contribution in [2.75, 3.05) is 19.4 Å². The van der Waals surface area contributed by atoms with Crippen molar-refractivity contribution in [1.29, 1.82) is 0 Å². The summed E-state index contributed by atoms with van der Waals surface area (Å²) in [6.45, 7) is 2.25. The number of carbonyl (C=O) groups excluding carboxylic acids is 1. The van der Waals surface area contributed by atoms with Crippen LogP contribution in [0, 0.1) is 0 Å². The lowest BCUT2D eigenvalue weighted by Crippen LogP contribution is -2.29. The molecule has 4 nitrogen and oxygen atoms in total. The highest BCUT2D eigenvalue weighted by Gasteiger charge is 2.05. The summed E-state index contributed by atoms with van der Waals surface area (Å²) in [6, 6.07) is 1.92. The first-order valence-electron chi connectivity index (χ1n) is 4.34. The van der Waals surface area contributed by atoms with E-state index in [1.165, 1.54) is 6.92 Å². The summed E-state index contributed by atoms with van der Waals surface area (Å²) in [5, 5.41) is 6.65. The van der Waals surface area contributed by atoms with Gasteiger partial charge in [0.2, 0.25) is 5.91 Å². The first kappa shape index (κ1) is 11.2. The van der Waals surface area contributed by atoms with Gasteiger partial charge in [0.05, 0.1) is 5.69 Å². The van der Waals surface area contributed by atoms with Gasteiger partial charge in [-0.1, -0.05) is 0 Å². The summed E-state index contributed by atoms with van der Waals surface area (Å²) in [4.78, 5) is 12.0. The Labute approximate surface area is 87.9 Å². The average molecular weight is 213 g/mol. The zero-order chi connectivity index (χ0) is 10.6. The molecule has 0 unspecified atom stereocenters. The van der Waals surface area contributed by atoms with E-state index in [2.05, 4.69) is 10.7 Å². The molecule has 78 valence electrons. The summed E-state index contributed by atoms with van der Waals surface area (Å²) in [5.74, 6) is -0.0329. The van der Waals surface area contributed by atoms with Gasteiger partial charge in [0, 0.05) is 32.4 Å². The van der Waals surface area contributed by atoms with Gasteiger partial charge in [-0.2, -0.15) is 0 Å². The topological polar surface area (TPSA) is 44.4 Å². The smallest absolute Gasteiger partial charge is 0.221 e. The number of hydrogen-bond donors (Lipinski definition) is 2. The first-order chi connectivity index (χ1) is 6.59. The SMILES string of the molecule is CC(=O)Nc1ccsc1CNN(C)C. The van der Waals surface area contributed by atoms with Crippen molar-refractivity contribution in [3.8, 4) is 0 Å². The molecule has 1 aromatic heterocycles. The quantitative estimate of drug-likeness (QED) is 0.740. The van der Waals surface area contributed by atoms with Crippen LogP contribution in [0.4, 0.5) is 5.69 Å². The molecule has 0 radical (unpaired) electrons. The van der Waals surface area contributed by atoms with Crippen LogP contribution in [0.15, 0.2) is 11.4 Å². The van der Waals surface area contributed by atoms with E-state index in [9.17, 15) is 4.79 Å². The second kappa shape index (κ2) is 5.09. The van der Waals surface area contributed by atoms with Crippen LogP contribution < -0.4 is 10.7 Å². The third kappa shape index (κ3) is 3.45. The maximum atomic E-state index is 10.9. The summed E-state index contributed by atoms with van der Waals surface area (Å²) in [7, 11) is 3.87. The van der Waals surface area contributed by atoms with E-state index < -0.39 is 0 Å². The van der Waals surface area contributed by atoms with Crippen LogP contribution in [0.3, 0.4) is 0 Å². The molecule has 1 amide bonds. The number of rotatable bonds is 4. The van der Waals surface area contributed by atoms with Crippen LogP contribution in [-0.2, 0) is 11.3 Å². The number of carbonyl (C=O) groups is 1. The van der Waals surface area contributed by atoms with Gasteiger partial charge < -0.3 is 5.32 Å². The van der Waals surface area contributed by atoms with Crippen LogP contribution in [-0.4, -0.2) is 25.0 Å². The third-order valence-electron chi connectivity index (χ3n) is 1.61. The largest absolute Gasteiger partial charge is 0.325 e. The van der Waals surface area contributed by atoms with Crippen molar-refractivity contribution < 1.29 is 4.79 Å². The number of nitrogens with one attached hydrogen (secondary N) is 2. The predicted molar refractivity (Wildman–Crippen MR) is 59.1 cm³/mol. The zero-order valence-corrected chi connectivity index (χ0v) is 9.44. The van der Waals surface area contributed by atoms with Crippen molar-refractivity contribution in [2.24, 2.45) is 0 Å². The Bertz CT molecular complexity index is 309. The van der Waals surface area contributed by atoms with E-state index in [0.29, 0.717) is 0 Å². The maximum Gasteiger partial charge on any atom is 0.221 e. The molecule has 0 bridgehead atoms. The van der Waals surface area contributed by atoms with Gasteiger partial charge in [-0.3, -0.25) is 15.2 Å². The van der Waals surface area contributed by atoms with E-state index in [1.54, 1.807) is 11.3 Å². The molecule has 5 heteroatoms. The molecule has 0 aliphatic carbocycles. The Kier molecular flexibility index (Phi) is 4.06. The Hall–Kier alpha value is -0.910. The Morgan fingerprint density at radius 3 is 2.86 bits per heavy atom. The van der Waals surface area contributed by atoms with Crippen LogP contribution in [0.5, 0.6) is 0 Å². The number of anilines is 1. The third-order valence-corrected chi connectivity index (χ3v) is 2.53. The van der Waals surface area contributed by atoms with Crippen LogP contribution in [0.2, 0.25) is 0 Å². The van der Waals surface area contributed by atoms with Gasteiger partial charge in [-0.25, -0.2) is 0 Å². The fourth-order valence-electron chi connectivity index (χ4n) is 1.01. The number of amides is 1. The fraction of sp³-hybridized carbons (Fsp3) is 0.444. The molecular weight excluding hydrogens is 198 g/mol. The molecule has 1 aromatic rings. The Balaban J connectivity index is 2.58. The second-order valence-electron chi connectivity index (χ2n) is 3.17. The molecule has 2 N–H and O–H groups in total. The molecule has 0 spiro atoms. The van der Waals surface area contributed by atoms with E-state index in [0.717, 1.165) is 17.1 Å². The van der Waals surface area contributed by atoms with Crippen molar-refractivity contribution in [2.45, 2.75) is 13.5 Å². The number of nitrogens with zero attached hydrogens (tertiary/aromatic N) is 1. The minimum atomic E-state index is -0.0329. The van der Waals surface area contributed by atoms with E-state index in [1.807, 2.05) is 30.6 Å². The molecule has 0 aliphatic heterocycles. The number of thiophene rings is 1. The van der Waals surface area contributed by atoms with Crippen molar-refractivity contribution in [3.63, 3.8) is 0 Å². The molecule has 0 saturated heterocycles. The van der Waals surface area contributed by atoms with Crippen molar-refractivity contribution in [1.82, 2.24) is 10.4 Å².